The fraction of sp³-hybridized carbons (Fsp3) is 0.500. The molecule has 1 rings (SSSR count). The van der Waals surface area contributed by atoms with Crippen LogP contribution < -0.4 is 5.73 Å². The smallest absolute Gasteiger partial charge is 0.297 e. The Morgan fingerprint density at radius 1 is 1.22 bits per heavy atom. The number of hydrogen-bond donors (Lipinski definition) is 2. The third-order valence-electron chi connectivity index (χ3n) is 2.91. The molecule has 0 aliphatic rings. The van der Waals surface area contributed by atoms with E-state index in [1.165, 1.54) is 12.1 Å². The van der Waals surface area contributed by atoms with Gasteiger partial charge < -0.3 is 10.8 Å². The van der Waals surface area contributed by atoms with Gasteiger partial charge in [0.15, 0.2) is 0 Å². The van der Waals surface area contributed by atoms with Gasteiger partial charge in [0, 0.05) is 10.0 Å². The molecule has 0 bridgehead atoms. The highest BCUT2D eigenvalue weighted by molar-refractivity contribution is 9.10. The molecule has 18 heavy (non-hydrogen) atoms. The zero-order chi connectivity index (χ0) is 14.4. The lowest BCUT2D eigenvalue weighted by molar-refractivity contribution is -0.202. The Morgan fingerprint density at radius 2 is 1.72 bits per heavy atom. The van der Waals surface area contributed by atoms with Gasteiger partial charge in [-0.1, -0.05) is 15.9 Å². The van der Waals surface area contributed by atoms with Crippen LogP contribution in [0.25, 0.3) is 0 Å². The molecule has 102 valence electrons. The van der Waals surface area contributed by atoms with E-state index >= 15 is 0 Å². The summed E-state index contributed by atoms with van der Waals surface area (Å²) in [6.07, 6.45) is 0. The summed E-state index contributed by atoms with van der Waals surface area (Å²) in [5, 5.41) is 9.54. The molecule has 0 spiro atoms. The fourth-order valence-electron chi connectivity index (χ4n) is 1.70. The van der Waals surface area contributed by atoms with Crippen LogP contribution in [0.5, 0.6) is 0 Å². The predicted octanol–water partition coefficient (Wildman–Crippen LogP) is 3.17. The lowest BCUT2D eigenvalue weighted by Gasteiger charge is -2.41. The van der Waals surface area contributed by atoms with Crippen molar-refractivity contribution in [2.24, 2.45) is 5.73 Å². The Bertz CT molecular complexity index is 455. The zero-order valence-corrected chi connectivity index (χ0v) is 11.9. The summed E-state index contributed by atoms with van der Waals surface area (Å²) in [6, 6.07) is 3.62. The van der Waals surface area contributed by atoms with Crippen LogP contribution in [-0.4, -0.2) is 16.6 Å². The Hall–Kier alpha value is -0.590. The van der Waals surface area contributed by atoms with Crippen LogP contribution in [0.2, 0.25) is 0 Å². The maximum absolute atomic E-state index is 14.1. The van der Waals surface area contributed by atoms with E-state index in [2.05, 4.69) is 15.9 Å². The minimum Gasteiger partial charge on any atom is -0.384 e. The van der Waals surface area contributed by atoms with E-state index in [4.69, 9.17) is 5.73 Å². The van der Waals surface area contributed by atoms with E-state index in [9.17, 15) is 18.3 Å². The highest BCUT2D eigenvalue weighted by Crippen LogP contribution is 2.43. The van der Waals surface area contributed by atoms with Crippen LogP contribution in [0.1, 0.15) is 26.3 Å². The number of benzene rings is 1. The number of alkyl halides is 2. The van der Waals surface area contributed by atoms with Crippen molar-refractivity contribution in [3.8, 4) is 0 Å². The molecule has 6 heteroatoms. The average Bonchev–Trinajstić information content (AvgIpc) is 2.19. The highest BCUT2D eigenvalue weighted by atomic mass is 79.9. The van der Waals surface area contributed by atoms with Gasteiger partial charge in [-0.3, -0.25) is 0 Å². The Morgan fingerprint density at radius 3 is 2.17 bits per heavy atom. The molecule has 0 aliphatic carbocycles. The lowest BCUT2D eigenvalue weighted by atomic mass is 9.78. The molecular formula is C12H15BrF3NO. The van der Waals surface area contributed by atoms with Crippen LogP contribution in [-0.2, 0) is 5.54 Å². The largest absolute Gasteiger partial charge is 0.384 e. The van der Waals surface area contributed by atoms with Crippen molar-refractivity contribution < 1.29 is 18.3 Å². The van der Waals surface area contributed by atoms with Gasteiger partial charge in [0.25, 0.3) is 5.92 Å². The second-order valence-electron chi connectivity index (χ2n) is 4.96. The topological polar surface area (TPSA) is 46.2 Å². The molecular weight excluding hydrogens is 311 g/mol. The minimum atomic E-state index is -3.71. The van der Waals surface area contributed by atoms with Gasteiger partial charge in [-0.05, 0) is 39.0 Å². The molecule has 0 radical (unpaired) electrons. The first kappa shape index (κ1) is 15.5. The van der Waals surface area contributed by atoms with Crippen molar-refractivity contribution in [1.29, 1.82) is 0 Å². The van der Waals surface area contributed by atoms with Gasteiger partial charge in [-0.15, -0.1) is 0 Å². The molecule has 0 saturated carbocycles. The van der Waals surface area contributed by atoms with Gasteiger partial charge in [-0.25, -0.2) is 13.2 Å². The van der Waals surface area contributed by atoms with Crippen LogP contribution in [0.3, 0.4) is 0 Å². The number of rotatable bonds is 3. The summed E-state index contributed by atoms with van der Waals surface area (Å²) in [4.78, 5) is 0. The van der Waals surface area contributed by atoms with Crippen LogP contribution in [0.15, 0.2) is 22.7 Å². The quantitative estimate of drug-likeness (QED) is 0.896. The van der Waals surface area contributed by atoms with Crippen molar-refractivity contribution in [3.05, 3.63) is 34.1 Å². The van der Waals surface area contributed by atoms with E-state index in [1.54, 1.807) is 0 Å². The molecule has 0 saturated heterocycles. The van der Waals surface area contributed by atoms with E-state index in [1.807, 2.05) is 0 Å². The molecule has 0 unspecified atom stereocenters. The molecule has 3 N–H and O–H groups in total. The molecule has 0 heterocycles. The van der Waals surface area contributed by atoms with Crippen molar-refractivity contribution in [1.82, 2.24) is 0 Å². The van der Waals surface area contributed by atoms with Gasteiger partial charge in [0.05, 0.1) is 0 Å². The molecule has 2 nitrogen and oxygen atoms in total. The summed E-state index contributed by atoms with van der Waals surface area (Å²) >= 11 is 3.08. The van der Waals surface area contributed by atoms with Gasteiger partial charge in [-0.2, -0.15) is 0 Å². The average molecular weight is 326 g/mol. The summed E-state index contributed by atoms with van der Waals surface area (Å²) in [5.74, 6) is -4.55. The monoisotopic (exact) mass is 325 g/mol. The van der Waals surface area contributed by atoms with Crippen molar-refractivity contribution in [3.63, 3.8) is 0 Å². The lowest BCUT2D eigenvalue weighted by Crippen LogP contribution is -2.61. The molecule has 0 amide bonds. The number of aliphatic hydroxyl groups is 1. The Labute approximate surface area is 112 Å². The fourth-order valence-corrected chi connectivity index (χ4v) is 2.06. The first-order valence-electron chi connectivity index (χ1n) is 5.26. The predicted molar refractivity (Wildman–Crippen MR) is 66.9 cm³/mol. The zero-order valence-electron chi connectivity index (χ0n) is 10.3. The summed E-state index contributed by atoms with van der Waals surface area (Å²) in [5.41, 5.74) is 0.539. The van der Waals surface area contributed by atoms with Crippen LogP contribution >= 0.6 is 15.9 Å². The normalized spacial score (nSPS) is 16.5. The SMILES string of the molecule is CC(C)(O)C(F)(F)[C@](C)(N)c1cc(Br)ccc1F. The van der Waals surface area contributed by atoms with Gasteiger partial charge in [0.1, 0.15) is 17.0 Å². The van der Waals surface area contributed by atoms with Crippen molar-refractivity contribution >= 4 is 15.9 Å². The second-order valence-corrected chi connectivity index (χ2v) is 5.88. The molecule has 1 aromatic carbocycles. The third kappa shape index (κ3) is 2.41. The van der Waals surface area contributed by atoms with E-state index in [0.29, 0.717) is 4.47 Å². The molecule has 0 fully saturated rings. The van der Waals surface area contributed by atoms with Crippen molar-refractivity contribution in [2.75, 3.05) is 0 Å². The van der Waals surface area contributed by atoms with E-state index in [0.717, 1.165) is 26.8 Å². The highest BCUT2D eigenvalue weighted by Gasteiger charge is 2.59. The van der Waals surface area contributed by atoms with Crippen molar-refractivity contribution in [2.45, 2.75) is 37.8 Å². The minimum absolute atomic E-state index is 0.357. The number of hydrogen-bond acceptors (Lipinski definition) is 2. The third-order valence-corrected chi connectivity index (χ3v) is 3.40. The first-order valence-corrected chi connectivity index (χ1v) is 6.05. The van der Waals surface area contributed by atoms with E-state index in [-0.39, 0.29) is 5.56 Å². The molecule has 1 atom stereocenters. The first-order chi connectivity index (χ1) is 7.91. The molecule has 0 aromatic heterocycles. The molecule has 0 aliphatic heterocycles. The van der Waals surface area contributed by atoms with Gasteiger partial charge >= 0.3 is 0 Å². The number of halogens is 4. The standard InChI is InChI=1S/C12H15BrF3NO/c1-10(2,18)12(15,16)11(3,17)8-6-7(13)4-5-9(8)14/h4-6,18H,17H2,1-3H3/t11-/m1/s1. The van der Waals surface area contributed by atoms with E-state index < -0.39 is 22.9 Å². The summed E-state index contributed by atoms with van der Waals surface area (Å²) in [6.45, 7) is 2.87. The second kappa shape index (κ2) is 4.51. The summed E-state index contributed by atoms with van der Waals surface area (Å²) in [7, 11) is 0. The molecule has 1 aromatic rings. The van der Waals surface area contributed by atoms with Crippen LogP contribution in [0.4, 0.5) is 13.2 Å². The number of nitrogens with two attached hydrogens (primary N) is 1. The Kier molecular flexibility index (Phi) is 3.87. The van der Waals surface area contributed by atoms with Crippen LogP contribution in [0, 0.1) is 5.82 Å². The Balaban J connectivity index is 3.42. The maximum atomic E-state index is 14.1. The maximum Gasteiger partial charge on any atom is 0.297 e. The summed E-state index contributed by atoms with van der Waals surface area (Å²) < 4.78 is 42.4. The van der Waals surface area contributed by atoms with Gasteiger partial charge in [0.2, 0.25) is 0 Å².